The van der Waals surface area contributed by atoms with Crippen molar-refractivity contribution in [3.63, 3.8) is 0 Å². The van der Waals surface area contributed by atoms with Crippen molar-refractivity contribution in [1.29, 1.82) is 0 Å². The van der Waals surface area contributed by atoms with Crippen molar-refractivity contribution in [2.45, 2.75) is 36.8 Å². The van der Waals surface area contributed by atoms with Gasteiger partial charge < -0.3 is 9.84 Å². The van der Waals surface area contributed by atoms with E-state index in [9.17, 15) is 23.1 Å². The highest BCUT2D eigenvalue weighted by molar-refractivity contribution is 7.89. The number of H-pyrrole nitrogens is 1. The Labute approximate surface area is 262 Å². The summed E-state index contributed by atoms with van der Waals surface area (Å²) in [6.07, 6.45) is -0.126. The summed E-state index contributed by atoms with van der Waals surface area (Å²) in [5, 5.41) is 14.0. The summed E-state index contributed by atoms with van der Waals surface area (Å²) >= 11 is 18.3. The van der Waals surface area contributed by atoms with Gasteiger partial charge in [-0.05, 0) is 54.6 Å². The van der Waals surface area contributed by atoms with E-state index in [2.05, 4.69) is 11.7 Å². The number of sulfonamides is 1. The van der Waals surface area contributed by atoms with Crippen LogP contribution >= 0.6 is 34.8 Å². The van der Waals surface area contributed by atoms with Crippen LogP contribution in [0.15, 0.2) is 88.8 Å². The largest absolute Gasteiger partial charge is 0.513 e. The van der Waals surface area contributed by atoms with Gasteiger partial charge in [-0.1, -0.05) is 53.5 Å². The van der Waals surface area contributed by atoms with Gasteiger partial charge in [-0.3, -0.25) is 14.7 Å². The number of aliphatic hydroxyl groups is 1. The van der Waals surface area contributed by atoms with E-state index >= 15 is 0 Å². The lowest BCUT2D eigenvalue weighted by molar-refractivity contribution is -0.123. The Balaban J connectivity index is 1.46. The molecule has 224 valence electrons. The van der Waals surface area contributed by atoms with Crippen molar-refractivity contribution in [2.24, 2.45) is 0 Å². The first kappa shape index (κ1) is 30.9. The number of hydrogen-bond acceptors (Lipinski definition) is 6. The number of fused-ring (bicyclic) bond motifs is 1. The molecule has 9 nitrogen and oxygen atoms in total. The van der Waals surface area contributed by atoms with Gasteiger partial charge in [0.2, 0.25) is 10.0 Å². The summed E-state index contributed by atoms with van der Waals surface area (Å²) in [5.41, 5.74) is 1.05. The molecule has 0 saturated carbocycles. The summed E-state index contributed by atoms with van der Waals surface area (Å²) in [4.78, 5) is 27.1. The maximum absolute atomic E-state index is 13.9. The van der Waals surface area contributed by atoms with Crippen LogP contribution in [0, 0.1) is 0 Å². The van der Waals surface area contributed by atoms with Crippen LogP contribution in [0.5, 0.6) is 5.75 Å². The molecule has 1 unspecified atom stereocenters. The molecule has 1 aliphatic rings. The summed E-state index contributed by atoms with van der Waals surface area (Å²) in [6, 6.07) is 15.9. The van der Waals surface area contributed by atoms with Crippen LogP contribution in [0.3, 0.4) is 0 Å². The maximum atomic E-state index is 13.9. The zero-order valence-electron chi connectivity index (χ0n) is 22.6. The average molecular weight is 663 g/mol. The number of nitrogens with zero attached hydrogens (tertiary/aromatic N) is 2. The predicted octanol–water partition coefficient (Wildman–Crippen LogP) is 6.41. The van der Waals surface area contributed by atoms with E-state index in [-0.39, 0.29) is 48.6 Å². The zero-order valence-corrected chi connectivity index (χ0v) is 25.7. The van der Waals surface area contributed by atoms with Gasteiger partial charge in [0.05, 0.1) is 21.9 Å². The van der Waals surface area contributed by atoms with E-state index in [0.717, 1.165) is 4.31 Å². The number of aliphatic hydroxyl groups excluding tert-OH is 1. The number of rotatable bonds is 10. The molecule has 0 bridgehead atoms. The highest BCUT2D eigenvalue weighted by Crippen LogP contribution is 2.35. The summed E-state index contributed by atoms with van der Waals surface area (Å²) < 4.78 is 36.0. The number of ketones is 1. The third-order valence-electron chi connectivity index (χ3n) is 7.02. The number of aromatic nitrogens is 2. The standard InChI is InChI=1S/C30H26Cl3N3O6S/c1-18(37)5-12-27(38)29-28-26(34-36(30(28)39)22-4-2-3-20(31)15-22)13-14-35(29)43(40,41)24-10-8-23(9-11-24)42-17-19-6-7-21(32)16-25(19)33/h2-4,6-11,15-16,29,34,37H,1,5,12-14,17H2. The minimum absolute atomic E-state index is 0.0307. The van der Waals surface area contributed by atoms with Crippen LogP contribution in [0.1, 0.15) is 35.7 Å². The molecule has 0 spiro atoms. The van der Waals surface area contributed by atoms with Crippen molar-refractivity contribution in [3.8, 4) is 11.4 Å². The molecule has 13 heteroatoms. The summed E-state index contributed by atoms with van der Waals surface area (Å²) in [7, 11) is -4.26. The van der Waals surface area contributed by atoms with Crippen molar-refractivity contribution in [2.75, 3.05) is 6.54 Å². The lowest BCUT2D eigenvalue weighted by Gasteiger charge is -2.33. The number of allylic oxidation sites excluding steroid dienone is 1. The first-order valence-electron chi connectivity index (χ1n) is 13.1. The molecule has 3 aromatic carbocycles. The van der Waals surface area contributed by atoms with Crippen molar-refractivity contribution >= 4 is 50.6 Å². The molecule has 2 N–H and O–H groups in total. The number of hydrogen-bond donors (Lipinski definition) is 2. The Morgan fingerprint density at radius 3 is 2.42 bits per heavy atom. The number of carbonyl (C=O) groups excluding carboxylic acids is 1. The fourth-order valence-electron chi connectivity index (χ4n) is 4.89. The van der Waals surface area contributed by atoms with Crippen LogP contribution in [0.4, 0.5) is 0 Å². The molecule has 0 saturated heterocycles. The van der Waals surface area contributed by atoms with Gasteiger partial charge in [0.25, 0.3) is 5.56 Å². The molecule has 0 radical (unpaired) electrons. The van der Waals surface area contributed by atoms with Gasteiger partial charge >= 0.3 is 0 Å². The fraction of sp³-hybridized carbons (Fsp3) is 0.200. The molecule has 0 amide bonds. The van der Waals surface area contributed by atoms with Crippen LogP contribution in [0.25, 0.3) is 5.69 Å². The van der Waals surface area contributed by atoms with Crippen molar-refractivity contribution in [1.82, 2.24) is 14.1 Å². The smallest absolute Gasteiger partial charge is 0.276 e. The molecule has 43 heavy (non-hydrogen) atoms. The Morgan fingerprint density at radius 1 is 1.02 bits per heavy atom. The molecular weight excluding hydrogens is 637 g/mol. The SMILES string of the molecule is C=C(O)CCC(=O)C1c2c([nH]n(-c3cccc(Cl)c3)c2=O)CCN1S(=O)(=O)c1ccc(OCc2ccc(Cl)cc2Cl)cc1. The zero-order chi connectivity index (χ0) is 30.9. The molecule has 5 rings (SSSR count). The topological polar surface area (TPSA) is 122 Å². The van der Waals surface area contributed by atoms with Gasteiger partial charge in [-0.15, -0.1) is 0 Å². The number of halogens is 3. The summed E-state index contributed by atoms with van der Waals surface area (Å²) in [6.45, 7) is 3.49. The molecule has 2 heterocycles. The number of Topliss-reactive ketones (excluding diaryl/α,β-unsaturated/α-hetero) is 1. The van der Waals surface area contributed by atoms with Gasteiger partial charge in [-0.2, -0.15) is 4.31 Å². The molecule has 0 fully saturated rings. The van der Waals surface area contributed by atoms with Gasteiger partial charge in [0.15, 0.2) is 5.78 Å². The normalized spacial score (nSPS) is 15.2. The summed E-state index contributed by atoms with van der Waals surface area (Å²) in [5.74, 6) is -0.372. The van der Waals surface area contributed by atoms with Gasteiger partial charge in [0.1, 0.15) is 18.4 Å². The molecule has 4 aromatic rings. The number of aromatic amines is 1. The van der Waals surface area contributed by atoms with Crippen LogP contribution in [0.2, 0.25) is 15.1 Å². The van der Waals surface area contributed by atoms with E-state index < -0.39 is 27.4 Å². The van der Waals surface area contributed by atoms with E-state index in [0.29, 0.717) is 37.8 Å². The minimum atomic E-state index is -4.26. The molecule has 1 aliphatic heterocycles. The lowest BCUT2D eigenvalue weighted by atomic mass is 9.95. The van der Waals surface area contributed by atoms with E-state index in [1.54, 1.807) is 42.5 Å². The number of benzene rings is 3. The molecule has 1 atom stereocenters. The highest BCUT2D eigenvalue weighted by Gasteiger charge is 2.43. The molecular formula is C30H26Cl3N3O6S. The van der Waals surface area contributed by atoms with E-state index in [1.807, 2.05) is 0 Å². The van der Waals surface area contributed by atoms with Gasteiger partial charge in [-0.25, -0.2) is 13.1 Å². The predicted molar refractivity (Wildman–Crippen MR) is 165 cm³/mol. The molecule has 1 aromatic heterocycles. The Hall–Kier alpha value is -3.54. The quantitative estimate of drug-likeness (QED) is 0.189. The highest BCUT2D eigenvalue weighted by atomic mass is 35.5. The van der Waals surface area contributed by atoms with E-state index in [4.69, 9.17) is 39.5 Å². The van der Waals surface area contributed by atoms with Crippen molar-refractivity contribution in [3.05, 3.63) is 121 Å². The van der Waals surface area contributed by atoms with Crippen LogP contribution < -0.4 is 10.3 Å². The second kappa shape index (κ2) is 12.6. The first-order chi connectivity index (χ1) is 20.5. The minimum Gasteiger partial charge on any atom is -0.513 e. The monoisotopic (exact) mass is 661 g/mol. The maximum Gasteiger partial charge on any atom is 0.276 e. The third-order valence-corrected chi connectivity index (χ3v) is 9.72. The van der Waals surface area contributed by atoms with E-state index in [1.165, 1.54) is 28.9 Å². The third kappa shape index (κ3) is 6.53. The molecule has 0 aliphatic carbocycles. The van der Waals surface area contributed by atoms with Crippen LogP contribution in [-0.2, 0) is 27.8 Å². The van der Waals surface area contributed by atoms with Crippen LogP contribution in [-0.4, -0.2) is 39.9 Å². The first-order valence-corrected chi connectivity index (χ1v) is 15.7. The van der Waals surface area contributed by atoms with Gasteiger partial charge in [0, 0.05) is 52.1 Å². The Bertz CT molecular complexity index is 1870. The number of carbonyl (C=O) groups is 1. The fourth-order valence-corrected chi connectivity index (χ4v) is 7.12. The number of ether oxygens (including phenoxy) is 1. The second-order valence-corrected chi connectivity index (χ2v) is 13.1. The van der Waals surface area contributed by atoms with Crippen molar-refractivity contribution < 1.29 is 23.1 Å². The number of nitrogens with one attached hydrogen (secondary N) is 1. The lowest BCUT2D eigenvalue weighted by Crippen LogP contribution is -2.45. The Kier molecular flexibility index (Phi) is 9.05. The Morgan fingerprint density at radius 2 is 1.74 bits per heavy atom. The average Bonchev–Trinajstić information content (AvgIpc) is 3.31. The second-order valence-electron chi connectivity index (χ2n) is 9.92.